The fraction of sp³-hybridized carbons (Fsp3) is 0.350. The second-order valence-electron chi connectivity index (χ2n) is 6.79. The number of aromatic nitrogens is 3. The summed E-state index contributed by atoms with van der Waals surface area (Å²) in [5.74, 6) is -0.0619. The average molecular weight is 353 g/mol. The zero-order chi connectivity index (χ0) is 18.1. The van der Waals surface area contributed by atoms with Crippen molar-refractivity contribution in [3.8, 4) is 0 Å². The lowest BCUT2D eigenvalue weighted by atomic mass is 9.85. The first kappa shape index (κ1) is 16.7. The summed E-state index contributed by atoms with van der Waals surface area (Å²) in [6, 6.07) is 6.40. The molecule has 2 aromatic heterocycles. The van der Waals surface area contributed by atoms with Crippen LogP contribution in [0.2, 0.25) is 0 Å². The van der Waals surface area contributed by atoms with Crippen LogP contribution < -0.4 is 0 Å². The van der Waals surface area contributed by atoms with Crippen molar-refractivity contribution in [2.24, 2.45) is 5.92 Å². The molecule has 0 atom stereocenters. The molecule has 0 N–H and O–H groups in total. The van der Waals surface area contributed by atoms with E-state index in [4.69, 9.17) is 9.84 Å². The first-order chi connectivity index (χ1) is 12.7. The van der Waals surface area contributed by atoms with Gasteiger partial charge in [0.05, 0.1) is 23.9 Å². The Labute approximate surface area is 150 Å². The van der Waals surface area contributed by atoms with Gasteiger partial charge in [-0.25, -0.2) is 9.18 Å². The van der Waals surface area contributed by atoms with E-state index in [1.165, 1.54) is 38.5 Å². The summed E-state index contributed by atoms with van der Waals surface area (Å²) in [5, 5.41) is 5.53. The van der Waals surface area contributed by atoms with E-state index >= 15 is 0 Å². The number of fused-ring (bicyclic) bond motifs is 1. The molecule has 0 spiro atoms. The van der Waals surface area contributed by atoms with E-state index in [1.807, 2.05) is 4.68 Å². The van der Waals surface area contributed by atoms with Gasteiger partial charge >= 0.3 is 5.97 Å². The molecule has 3 aromatic rings. The first-order valence-electron chi connectivity index (χ1n) is 8.82. The molecule has 1 saturated carbocycles. The summed E-state index contributed by atoms with van der Waals surface area (Å²) in [6.07, 6.45) is 7.30. The van der Waals surface area contributed by atoms with Crippen LogP contribution in [0.5, 0.6) is 0 Å². The second kappa shape index (κ2) is 6.86. The van der Waals surface area contributed by atoms with Gasteiger partial charge < -0.3 is 4.74 Å². The third-order valence-electron chi connectivity index (χ3n) is 5.11. The van der Waals surface area contributed by atoms with Gasteiger partial charge in [-0.2, -0.15) is 5.10 Å². The number of hydrogen-bond donors (Lipinski definition) is 0. The Morgan fingerprint density at radius 1 is 1.35 bits per heavy atom. The van der Waals surface area contributed by atoms with Gasteiger partial charge in [-0.05, 0) is 48.6 Å². The van der Waals surface area contributed by atoms with Gasteiger partial charge in [-0.1, -0.05) is 6.42 Å². The summed E-state index contributed by atoms with van der Waals surface area (Å²) in [5.41, 5.74) is 2.85. The number of carbonyl (C=O) groups is 1. The lowest BCUT2D eigenvalue weighted by Crippen LogP contribution is -2.18. The minimum Gasteiger partial charge on any atom is -0.465 e. The molecular weight excluding hydrogens is 333 g/mol. The molecule has 5 nitrogen and oxygen atoms in total. The molecule has 0 bridgehead atoms. The van der Waals surface area contributed by atoms with Gasteiger partial charge in [-0.15, -0.1) is 0 Å². The number of methoxy groups -OCH3 is 1. The molecular formula is C20H20FN3O2. The topological polar surface area (TPSA) is 57.0 Å². The van der Waals surface area contributed by atoms with Crippen LogP contribution in [0.1, 0.15) is 40.9 Å². The highest BCUT2D eigenvalue weighted by Gasteiger charge is 2.21. The average Bonchev–Trinajstić information content (AvgIpc) is 2.94. The van der Waals surface area contributed by atoms with E-state index < -0.39 is 5.97 Å². The summed E-state index contributed by atoms with van der Waals surface area (Å²) < 4.78 is 20.7. The molecule has 0 saturated heterocycles. The third kappa shape index (κ3) is 3.07. The van der Waals surface area contributed by atoms with E-state index in [0.717, 1.165) is 28.7 Å². The predicted octanol–water partition coefficient (Wildman–Crippen LogP) is 3.75. The smallest absolute Gasteiger partial charge is 0.338 e. The van der Waals surface area contributed by atoms with Crippen LogP contribution in [0, 0.1) is 11.7 Å². The number of pyridine rings is 1. The zero-order valence-corrected chi connectivity index (χ0v) is 14.6. The van der Waals surface area contributed by atoms with Crippen molar-refractivity contribution < 1.29 is 13.9 Å². The molecule has 2 heterocycles. The molecule has 26 heavy (non-hydrogen) atoms. The van der Waals surface area contributed by atoms with Crippen LogP contribution in [-0.4, -0.2) is 27.8 Å². The minimum atomic E-state index is -0.410. The Morgan fingerprint density at radius 3 is 2.92 bits per heavy atom. The Kier molecular flexibility index (Phi) is 4.41. The zero-order valence-electron chi connectivity index (χ0n) is 14.6. The first-order valence-corrected chi connectivity index (χ1v) is 8.82. The summed E-state index contributed by atoms with van der Waals surface area (Å²) in [7, 11) is 1.35. The lowest BCUT2D eigenvalue weighted by molar-refractivity contribution is 0.0599. The van der Waals surface area contributed by atoms with Crippen LogP contribution in [-0.2, 0) is 17.7 Å². The highest BCUT2D eigenvalue weighted by atomic mass is 19.1. The van der Waals surface area contributed by atoms with Crippen LogP contribution in [0.15, 0.2) is 36.7 Å². The van der Waals surface area contributed by atoms with E-state index in [-0.39, 0.29) is 5.82 Å². The van der Waals surface area contributed by atoms with Gasteiger partial charge in [0, 0.05) is 30.7 Å². The molecule has 0 aliphatic heterocycles. The molecule has 4 rings (SSSR count). The van der Waals surface area contributed by atoms with Gasteiger partial charge in [-0.3, -0.25) is 9.67 Å². The Hall–Kier alpha value is -2.76. The van der Waals surface area contributed by atoms with Gasteiger partial charge in [0.1, 0.15) is 5.82 Å². The van der Waals surface area contributed by atoms with Crippen LogP contribution in [0.4, 0.5) is 4.39 Å². The van der Waals surface area contributed by atoms with Crippen molar-refractivity contribution in [1.82, 2.24) is 14.8 Å². The maximum Gasteiger partial charge on any atom is 0.338 e. The maximum absolute atomic E-state index is 13.8. The van der Waals surface area contributed by atoms with Crippen molar-refractivity contribution >= 4 is 16.9 Å². The van der Waals surface area contributed by atoms with Crippen molar-refractivity contribution in [3.63, 3.8) is 0 Å². The molecule has 6 heteroatoms. The fourth-order valence-corrected chi connectivity index (χ4v) is 3.47. The van der Waals surface area contributed by atoms with E-state index in [2.05, 4.69) is 4.98 Å². The lowest BCUT2D eigenvalue weighted by Gasteiger charge is -2.25. The number of ether oxygens (including phenoxy) is 1. The van der Waals surface area contributed by atoms with Gasteiger partial charge in [0.2, 0.25) is 0 Å². The van der Waals surface area contributed by atoms with Crippen molar-refractivity contribution in [1.29, 1.82) is 0 Å². The van der Waals surface area contributed by atoms with E-state index in [0.29, 0.717) is 17.9 Å². The normalized spacial score (nSPS) is 14.4. The van der Waals surface area contributed by atoms with Gasteiger partial charge in [0.15, 0.2) is 0 Å². The standard InChI is InChI=1S/C20H20FN3O2/c1-26-20(25)16-7-8-22-11-14(16)9-18-17-10-15(21)5-6-19(17)24(23-18)12-13-3-2-4-13/h5-8,10-11,13H,2-4,9,12H2,1H3. The summed E-state index contributed by atoms with van der Waals surface area (Å²) >= 11 is 0. The molecule has 0 unspecified atom stereocenters. The van der Waals surface area contributed by atoms with Crippen molar-refractivity contribution in [3.05, 3.63) is 59.3 Å². The number of nitrogens with zero attached hydrogens (tertiary/aromatic N) is 3. The molecule has 1 fully saturated rings. The number of halogens is 1. The Balaban J connectivity index is 1.74. The highest BCUT2D eigenvalue weighted by Crippen LogP contribution is 2.30. The molecule has 1 aromatic carbocycles. The number of rotatable bonds is 5. The Bertz CT molecular complexity index is 963. The molecule has 1 aliphatic rings. The second-order valence-corrected chi connectivity index (χ2v) is 6.79. The van der Waals surface area contributed by atoms with E-state index in [1.54, 1.807) is 24.5 Å². The Morgan fingerprint density at radius 2 is 2.19 bits per heavy atom. The highest BCUT2D eigenvalue weighted by molar-refractivity contribution is 5.91. The number of carbonyl (C=O) groups excluding carboxylic acids is 1. The number of esters is 1. The molecule has 1 aliphatic carbocycles. The fourth-order valence-electron chi connectivity index (χ4n) is 3.47. The number of benzene rings is 1. The van der Waals surface area contributed by atoms with Crippen LogP contribution in [0.3, 0.4) is 0 Å². The van der Waals surface area contributed by atoms with E-state index in [9.17, 15) is 9.18 Å². The molecule has 0 radical (unpaired) electrons. The monoisotopic (exact) mass is 353 g/mol. The van der Waals surface area contributed by atoms with Crippen molar-refractivity contribution in [2.75, 3.05) is 7.11 Å². The minimum absolute atomic E-state index is 0.290. The van der Waals surface area contributed by atoms with Gasteiger partial charge in [0.25, 0.3) is 0 Å². The molecule has 0 amide bonds. The quantitative estimate of drug-likeness (QED) is 0.656. The van der Waals surface area contributed by atoms with Crippen LogP contribution in [0.25, 0.3) is 10.9 Å². The maximum atomic E-state index is 13.8. The molecule has 134 valence electrons. The van der Waals surface area contributed by atoms with Crippen molar-refractivity contribution in [2.45, 2.75) is 32.2 Å². The largest absolute Gasteiger partial charge is 0.465 e. The predicted molar refractivity (Wildman–Crippen MR) is 95.4 cm³/mol. The number of hydrogen-bond acceptors (Lipinski definition) is 4. The SMILES string of the molecule is COC(=O)c1ccncc1Cc1nn(CC2CCC2)c2ccc(F)cc12. The van der Waals surface area contributed by atoms with Crippen LogP contribution >= 0.6 is 0 Å². The summed E-state index contributed by atoms with van der Waals surface area (Å²) in [6.45, 7) is 0.846. The third-order valence-corrected chi connectivity index (χ3v) is 5.11. The summed E-state index contributed by atoms with van der Waals surface area (Å²) in [4.78, 5) is 16.1.